The van der Waals surface area contributed by atoms with E-state index < -0.39 is 11.6 Å². The molecule has 0 spiro atoms. The van der Waals surface area contributed by atoms with Crippen LogP contribution in [0.15, 0.2) is 48.5 Å². The van der Waals surface area contributed by atoms with Gasteiger partial charge in [-0.2, -0.15) is 5.26 Å². The van der Waals surface area contributed by atoms with Gasteiger partial charge in [0, 0.05) is 12.1 Å². The second-order valence-corrected chi connectivity index (χ2v) is 7.28. The number of amides is 1. The summed E-state index contributed by atoms with van der Waals surface area (Å²) in [6.07, 6.45) is -0.895. The number of hydrogen-bond acceptors (Lipinski definition) is 2. The third kappa shape index (κ3) is 4.60. The van der Waals surface area contributed by atoms with E-state index in [0.717, 1.165) is 16.7 Å². The Kier molecular flexibility index (Phi) is 5.48. The Bertz CT molecular complexity index is 766. The van der Waals surface area contributed by atoms with Gasteiger partial charge in [-0.25, -0.2) is 4.79 Å². The summed E-state index contributed by atoms with van der Waals surface area (Å²) >= 11 is 0. The Morgan fingerprint density at radius 2 is 1.56 bits per heavy atom. The van der Waals surface area contributed by atoms with Gasteiger partial charge in [0.25, 0.3) is 0 Å². The van der Waals surface area contributed by atoms with Crippen molar-refractivity contribution in [3.05, 3.63) is 59.7 Å². The normalized spacial score (nSPS) is 12.3. The average molecular weight is 336 g/mol. The lowest BCUT2D eigenvalue weighted by Gasteiger charge is -2.35. The lowest BCUT2D eigenvalue weighted by atomic mass is 9.95. The summed E-state index contributed by atoms with van der Waals surface area (Å²) < 4.78 is 0. The Morgan fingerprint density at radius 1 is 1.08 bits per heavy atom. The highest BCUT2D eigenvalue weighted by atomic mass is 16.4. The van der Waals surface area contributed by atoms with E-state index in [1.54, 1.807) is 12.1 Å². The number of carbonyl (C=O) groups is 1. The number of benzene rings is 2. The first-order valence-corrected chi connectivity index (χ1v) is 8.33. The Hall–Kier alpha value is -2.80. The van der Waals surface area contributed by atoms with Crippen LogP contribution in [0.1, 0.15) is 44.7 Å². The highest BCUT2D eigenvalue weighted by Crippen LogP contribution is 2.25. The zero-order chi connectivity index (χ0) is 18.6. The zero-order valence-electron chi connectivity index (χ0n) is 15.2. The van der Waals surface area contributed by atoms with Crippen LogP contribution >= 0.6 is 0 Å². The van der Waals surface area contributed by atoms with Crippen molar-refractivity contribution in [1.29, 1.82) is 5.26 Å². The summed E-state index contributed by atoms with van der Waals surface area (Å²) in [5.74, 6) is 0.102. The minimum absolute atomic E-state index is 0.102. The van der Waals surface area contributed by atoms with E-state index in [4.69, 9.17) is 5.26 Å². The molecule has 0 aliphatic carbocycles. The highest BCUT2D eigenvalue weighted by molar-refractivity contribution is 5.66. The monoisotopic (exact) mass is 336 g/mol. The molecule has 0 saturated carbocycles. The van der Waals surface area contributed by atoms with Crippen molar-refractivity contribution in [3.63, 3.8) is 0 Å². The maximum absolute atomic E-state index is 11.5. The number of hydrogen-bond donors (Lipinski definition) is 1. The van der Waals surface area contributed by atoms with Gasteiger partial charge in [-0.15, -0.1) is 0 Å². The van der Waals surface area contributed by atoms with Gasteiger partial charge in [0.2, 0.25) is 0 Å². The topological polar surface area (TPSA) is 64.3 Å². The summed E-state index contributed by atoms with van der Waals surface area (Å²) in [4.78, 5) is 13.0. The van der Waals surface area contributed by atoms with E-state index >= 15 is 0 Å². The van der Waals surface area contributed by atoms with Gasteiger partial charge >= 0.3 is 6.09 Å². The van der Waals surface area contributed by atoms with E-state index in [1.807, 2.05) is 64.1 Å². The smallest absolute Gasteiger partial charge is 0.407 e. The molecule has 1 unspecified atom stereocenters. The molecule has 4 heteroatoms. The average Bonchev–Trinajstić information content (AvgIpc) is 2.58. The second-order valence-electron chi connectivity index (χ2n) is 7.28. The molecule has 0 aromatic heterocycles. The molecule has 0 aliphatic heterocycles. The van der Waals surface area contributed by atoms with Gasteiger partial charge in [0.1, 0.15) is 0 Å². The van der Waals surface area contributed by atoms with Crippen LogP contribution in [0.4, 0.5) is 4.79 Å². The van der Waals surface area contributed by atoms with Crippen LogP contribution in [-0.4, -0.2) is 28.2 Å². The number of carboxylic acid groups (broad SMARTS) is 1. The van der Waals surface area contributed by atoms with Gasteiger partial charge in [0.15, 0.2) is 0 Å². The fourth-order valence-electron chi connectivity index (χ4n) is 2.76. The predicted octanol–water partition coefficient (Wildman–Crippen LogP) is 5.11. The molecule has 2 rings (SSSR count). The van der Waals surface area contributed by atoms with Gasteiger partial charge in [0.05, 0.1) is 11.6 Å². The summed E-state index contributed by atoms with van der Waals surface area (Å²) in [6, 6.07) is 17.8. The maximum Gasteiger partial charge on any atom is 0.407 e. The van der Waals surface area contributed by atoms with Crippen LogP contribution in [0.25, 0.3) is 11.1 Å². The lowest BCUT2D eigenvalue weighted by Crippen LogP contribution is -2.46. The minimum atomic E-state index is -0.895. The summed E-state index contributed by atoms with van der Waals surface area (Å²) in [6.45, 7) is 8.21. The van der Waals surface area contributed by atoms with Crippen LogP contribution in [0.3, 0.4) is 0 Å². The molecule has 1 amide bonds. The van der Waals surface area contributed by atoms with Crippen LogP contribution in [0.5, 0.6) is 0 Å². The van der Waals surface area contributed by atoms with Crippen molar-refractivity contribution >= 4 is 6.09 Å². The molecule has 25 heavy (non-hydrogen) atoms. The van der Waals surface area contributed by atoms with Gasteiger partial charge in [-0.1, -0.05) is 43.3 Å². The van der Waals surface area contributed by atoms with Gasteiger partial charge in [-0.3, -0.25) is 0 Å². The standard InChI is InChI=1S/C21H24N2O2/c1-15(14-23(20(24)25)21(2,3)4)17-9-11-19(12-10-17)18-7-5-16(13-22)6-8-18/h5-12,15H,14H2,1-4H3,(H,24,25). The summed E-state index contributed by atoms with van der Waals surface area (Å²) in [7, 11) is 0. The predicted molar refractivity (Wildman–Crippen MR) is 99.5 cm³/mol. The second kappa shape index (κ2) is 7.40. The molecule has 0 saturated heterocycles. The number of nitriles is 1. The fourth-order valence-corrected chi connectivity index (χ4v) is 2.76. The first-order chi connectivity index (χ1) is 11.7. The van der Waals surface area contributed by atoms with E-state index in [0.29, 0.717) is 12.1 Å². The minimum Gasteiger partial charge on any atom is -0.465 e. The largest absolute Gasteiger partial charge is 0.465 e. The third-order valence-electron chi connectivity index (χ3n) is 4.32. The van der Waals surface area contributed by atoms with Crippen molar-refractivity contribution in [2.45, 2.75) is 39.2 Å². The van der Waals surface area contributed by atoms with Gasteiger partial charge in [-0.05, 0) is 55.5 Å². The van der Waals surface area contributed by atoms with E-state index in [1.165, 1.54) is 4.90 Å². The summed E-state index contributed by atoms with van der Waals surface area (Å²) in [5.41, 5.74) is 3.45. The molecule has 0 bridgehead atoms. The maximum atomic E-state index is 11.5. The van der Waals surface area contributed by atoms with Crippen molar-refractivity contribution in [3.8, 4) is 17.2 Å². The van der Waals surface area contributed by atoms with E-state index in [2.05, 4.69) is 6.07 Å². The van der Waals surface area contributed by atoms with E-state index in [-0.39, 0.29) is 5.92 Å². The molecule has 0 fully saturated rings. The first kappa shape index (κ1) is 18.5. The number of nitrogens with zero attached hydrogens (tertiary/aromatic N) is 2. The molecule has 0 aliphatic rings. The molecule has 0 heterocycles. The van der Waals surface area contributed by atoms with Crippen LogP contribution in [-0.2, 0) is 0 Å². The SMILES string of the molecule is CC(CN(C(=O)O)C(C)(C)C)c1ccc(-c2ccc(C#N)cc2)cc1. The first-order valence-electron chi connectivity index (χ1n) is 8.33. The Morgan fingerprint density at radius 3 is 1.96 bits per heavy atom. The van der Waals surface area contributed by atoms with Crippen molar-refractivity contribution in [2.24, 2.45) is 0 Å². The zero-order valence-corrected chi connectivity index (χ0v) is 15.2. The molecule has 130 valence electrons. The van der Waals surface area contributed by atoms with Crippen LogP contribution in [0.2, 0.25) is 0 Å². The molecular formula is C21H24N2O2. The molecular weight excluding hydrogens is 312 g/mol. The van der Waals surface area contributed by atoms with Crippen LogP contribution < -0.4 is 0 Å². The highest BCUT2D eigenvalue weighted by Gasteiger charge is 2.27. The fraction of sp³-hybridized carbons (Fsp3) is 0.333. The Labute approximate surface area is 149 Å². The molecule has 4 nitrogen and oxygen atoms in total. The lowest BCUT2D eigenvalue weighted by molar-refractivity contribution is 0.0968. The quantitative estimate of drug-likeness (QED) is 0.844. The van der Waals surface area contributed by atoms with Gasteiger partial charge < -0.3 is 10.0 Å². The molecule has 1 atom stereocenters. The molecule has 1 N–H and O–H groups in total. The van der Waals surface area contributed by atoms with Crippen molar-refractivity contribution < 1.29 is 9.90 Å². The molecule has 2 aromatic rings. The summed E-state index contributed by atoms with van der Waals surface area (Å²) in [5, 5.41) is 18.3. The van der Waals surface area contributed by atoms with E-state index in [9.17, 15) is 9.90 Å². The van der Waals surface area contributed by atoms with Crippen molar-refractivity contribution in [2.75, 3.05) is 6.54 Å². The van der Waals surface area contributed by atoms with Crippen molar-refractivity contribution in [1.82, 2.24) is 4.90 Å². The van der Waals surface area contributed by atoms with Crippen LogP contribution in [0, 0.1) is 11.3 Å². The Balaban J connectivity index is 2.15. The third-order valence-corrected chi connectivity index (χ3v) is 4.32. The molecule has 0 radical (unpaired) electrons. The number of rotatable bonds is 4. The molecule has 2 aromatic carbocycles.